The van der Waals surface area contributed by atoms with E-state index in [0.717, 1.165) is 28.6 Å². The number of aromatic nitrogens is 2. The minimum atomic E-state index is -3.67. The molecule has 1 amide bonds. The Labute approximate surface area is 156 Å². The molecule has 1 aliphatic rings. The number of hydrogen-bond acceptors (Lipinski definition) is 6. The van der Waals surface area contributed by atoms with Gasteiger partial charge in [0.15, 0.2) is 0 Å². The highest BCUT2D eigenvalue weighted by molar-refractivity contribution is 7.91. The van der Waals surface area contributed by atoms with Gasteiger partial charge in [-0.25, -0.2) is 18.1 Å². The summed E-state index contributed by atoms with van der Waals surface area (Å²) in [4.78, 5) is 16.1. The Bertz CT molecular complexity index is 874. The second-order valence-electron chi connectivity index (χ2n) is 6.01. The average Bonchev–Trinajstić information content (AvgIpc) is 3.32. The van der Waals surface area contributed by atoms with Crippen LogP contribution in [0, 0.1) is 0 Å². The maximum atomic E-state index is 12.7. The monoisotopic (exact) mass is 398 g/mol. The van der Waals surface area contributed by atoms with E-state index in [1.807, 2.05) is 17.7 Å². The number of sulfonamides is 1. The second-order valence-corrected chi connectivity index (χ2v) is 9.12. The molecule has 0 radical (unpaired) electrons. The molecule has 10 heteroatoms. The number of aryl methyl sites for hydroxylation is 1. The number of carbonyl (C=O) groups excluding carboxylic acids is 1. The Balaban J connectivity index is 1.73. The van der Waals surface area contributed by atoms with Gasteiger partial charge in [-0.2, -0.15) is 0 Å². The zero-order valence-corrected chi connectivity index (χ0v) is 16.3. The molecular formula is C16H22N4O4S2. The van der Waals surface area contributed by atoms with Crippen molar-refractivity contribution in [1.82, 2.24) is 19.6 Å². The molecule has 0 spiro atoms. The van der Waals surface area contributed by atoms with Crippen LogP contribution in [0.25, 0.3) is 0 Å². The van der Waals surface area contributed by atoms with Crippen molar-refractivity contribution in [3.05, 3.63) is 35.2 Å². The summed E-state index contributed by atoms with van der Waals surface area (Å²) >= 11 is 1.14. The number of ether oxygens (including phenoxy) is 1. The van der Waals surface area contributed by atoms with Crippen LogP contribution in [-0.2, 0) is 32.6 Å². The molecule has 142 valence electrons. The fraction of sp³-hybridized carbons (Fsp3) is 0.500. The van der Waals surface area contributed by atoms with Gasteiger partial charge in [0.05, 0.1) is 12.6 Å². The van der Waals surface area contributed by atoms with Gasteiger partial charge in [-0.05, 0) is 25.5 Å². The lowest BCUT2D eigenvalue weighted by Gasteiger charge is -2.19. The van der Waals surface area contributed by atoms with Gasteiger partial charge in [-0.3, -0.25) is 4.79 Å². The zero-order valence-electron chi connectivity index (χ0n) is 14.6. The number of carbonyl (C=O) groups is 1. The Morgan fingerprint density at radius 2 is 2.27 bits per heavy atom. The topological polar surface area (TPSA) is 102 Å². The maximum Gasteiger partial charge on any atom is 0.250 e. The molecule has 2 aromatic rings. The van der Waals surface area contributed by atoms with Crippen LogP contribution in [0.15, 0.2) is 28.7 Å². The minimum absolute atomic E-state index is 0.154. The van der Waals surface area contributed by atoms with Gasteiger partial charge in [0.1, 0.15) is 16.1 Å². The van der Waals surface area contributed by atoms with Crippen LogP contribution in [0.1, 0.15) is 37.1 Å². The molecule has 1 aliphatic heterocycles. The van der Waals surface area contributed by atoms with Crippen molar-refractivity contribution >= 4 is 27.3 Å². The lowest BCUT2D eigenvalue weighted by molar-refractivity contribution is -0.119. The first-order valence-electron chi connectivity index (χ1n) is 8.39. The normalized spacial score (nSPS) is 20.4. The molecule has 3 rings (SSSR count). The largest absolute Gasteiger partial charge is 0.369 e. The first-order valence-corrected chi connectivity index (χ1v) is 10.7. The molecule has 8 nitrogen and oxygen atoms in total. The minimum Gasteiger partial charge on any atom is -0.369 e. The average molecular weight is 399 g/mol. The molecule has 1 saturated heterocycles. The number of thiophene rings is 1. The van der Waals surface area contributed by atoms with E-state index in [4.69, 9.17) is 4.74 Å². The highest BCUT2D eigenvalue weighted by Crippen LogP contribution is 2.30. The summed E-state index contributed by atoms with van der Waals surface area (Å²) in [5.74, 6) is 0.577. The zero-order chi connectivity index (χ0) is 18.7. The highest BCUT2D eigenvalue weighted by Gasteiger charge is 2.36. The Morgan fingerprint density at radius 3 is 3.00 bits per heavy atom. The Kier molecular flexibility index (Phi) is 5.76. The predicted octanol–water partition coefficient (Wildman–Crippen LogP) is 1.41. The molecule has 0 saturated carbocycles. The first-order chi connectivity index (χ1) is 12.4. The highest BCUT2D eigenvalue weighted by atomic mass is 32.2. The summed E-state index contributed by atoms with van der Waals surface area (Å²) < 4.78 is 36.2. The van der Waals surface area contributed by atoms with Crippen LogP contribution in [0.3, 0.4) is 0 Å². The number of nitrogens with zero attached hydrogens (tertiary/aromatic N) is 2. The third kappa shape index (κ3) is 4.14. The summed E-state index contributed by atoms with van der Waals surface area (Å²) in [5.41, 5.74) is 0. The van der Waals surface area contributed by atoms with Crippen molar-refractivity contribution < 1.29 is 17.9 Å². The third-order valence-corrected chi connectivity index (χ3v) is 7.22. The second kappa shape index (κ2) is 7.87. The molecular weight excluding hydrogens is 376 g/mol. The van der Waals surface area contributed by atoms with Gasteiger partial charge in [0, 0.05) is 37.3 Å². The lowest BCUT2D eigenvalue weighted by Crippen LogP contribution is -2.37. The van der Waals surface area contributed by atoms with Crippen molar-refractivity contribution in [1.29, 1.82) is 0 Å². The van der Waals surface area contributed by atoms with Crippen molar-refractivity contribution in [2.24, 2.45) is 0 Å². The molecule has 2 atom stereocenters. The fourth-order valence-electron chi connectivity index (χ4n) is 2.88. The van der Waals surface area contributed by atoms with Crippen LogP contribution in [0.4, 0.5) is 0 Å². The Morgan fingerprint density at radius 1 is 1.46 bits per heavy atom. The van der Waals surface area contributed by atoms with E-state index >= 15 is 0 Å². The van der Waals surface area contributed by atoms with E-state index in [9.17, 15) is 13.2 Å². The van der Waals surface area contributed by atoms with Gasteiger partial charge >= 0.3 is 0 Å². The van der Waals surface area contributed by atoms with Crippen molar-refractivity contribution in [3.63, 3.8) is 0 Å². The molecule has 0 unspecified atom stereocenters. The first kappa shape index (κ1) is 19.0. The van der Waals surface area contributed by atoms with Crippen molar-refractivity contribution in [3.8, 4) is 0 Å². The number of imidazole rings is 1. The standard InChI is InChI=1S/C16H22N4O4S2/c1-3-20-8-7-17-16(20)15-13(6-9-24-15)19-26(22,23)14-5-4-12(25-14)10-18-11(2)21/h4-5,7-8,13,15,19H,3,6,9-10H2,1-2H3,(H,18,21)/t13-,15-/m1/s1. The van der Waals surface area contributed by atoms with Crippen LogP contribution in [0.5, 0.6) is 0 Å². The molecule has 1 fully saturated rings. The molecule has 0 aromatic carbocycles. The molecule has 3 heterocycles. The van der Waals surface area contributed by atoms with Gasteiger partial charge in [0.25, 0.3) is 0 Å². The van der Waals surface area contributed by atoms with Gasteiger partial charge in [-0.1, -0.05) is 0 Å². The molecule has 0 aliphatic carbocycles. The third-order valence-electron chi connectivity index (χ3n) is 4.15. The maximum absolute atomic E-state index is 12.7. The van der Waals surface area contributed by atoms with E-state index in [0.29, 0.717) is 19.6 Å². The fourth-order valence-corrected chi connectivity index (χ4v) is 5.46. The molecule has 2 N–H and O–H groups in total. The summed E-state index contributed by atoms with van der Waals surface area (Å²) in [5, 5.41) is 2.66. The van der Waals surface area contributed by atoms with E-state index in [-0.39, 0.29) is 16.2 Å². The van der Waals surface area contributed by atoms with Crippen molar-refractivity contribution in [2.75, 3.05) is 6.61 Å². The van der Waals surface area contributed by atoms with Crippen LogP contribution >= 0.6 is 11.3 Å². The number of nitrogens with one attached hydrogen (secondary N) is 2. The quantitative estimate of drug-likeness (QED) is 0.734. The molecule has 0 bridgehead atoms. The van der Waals surface area contributed by atoms with Crippen LogP contribution < -0.4 is 10.0 Å². The van der Waals surface area contributed by atoms with Crippen molar-refractivity contribution in [2.45, 2.75) is 49.7 Å². The van der Waals surface area contributed by atoms with E-state index < -0.39 is 16.1 Å². The lowest BCUT2D eigenvalue weighted by atomic mass is 10.1. The summed E-state index contributed by atoms with van der Waals surface area (Å²) in [6.07, 6.45) is 3.74. The van der Waals surface area contributed by atoms with E-state index in [2.05, 4.69) is 15.0 Å². The summed E-state index contributed by atoms with van der Waals surface area (Å²) in [7, 11) is -3.67. The number of hydrogen-bond donors (Lipinski definition) is 2. The summed E-state index contributed by atoms with van der Waals surface area (Å²) in [6.45, 7) is 4.96. The van der Waals surface area contributed by atoms with Crippen LogP contribution in [0.2, 0.25) is 0 Å². The van der Waals surface area contributed by atoms with Gasteiger partial charge in [0.2, 0.25) is 15.9 Å². The SMILES string of the molecule is CCn1ccnc1[C@@H]1OCC[C@H]1NS(=O)(=O)c1ccc(CNC(C)=O)s1. The van der Waals surface area contributed by atoms with Crippen LogP contribution in [-0.4, -0.2) is 36.5 Å². The molecule has 26 heavy (non-hydrogen) atoms. The Hall–Kier alpha value is -1.75. The number of amides is 1. The van der Waals surface area contributed by atoms with Gasteiger partial charge < -0.3 is 14.6 Å². The predicted molar refractivity (Wildman–Crippen MR) is 97.2 cm³/mol. The van der Waals surface area contributed by atoms with Gasteiger partial charge in [-0.15, -0.1) is 11.3 Å². The van der Waals surface area contributed by atoms with E-state index in [1.54, 1.807) is 18.3 Å². The van der Waals surface area contributed by atoms with E-state index in [1.165, 1.54) is 6.92 Å². The summed E-state index contributed by atoms with van der Waals surface area (Å²) in [6, 6.07) is 2.90. The molecule has 2 aromatic heterocycles. The number of rotatable bonds is 7. The smallest absolute Gasteiger partial charge is 0.250 e.